The van der Waals surface area contributed by atoms with Crippen molar-refractivity contribution in [3.8, 4) is 0 Å². The van der Waals surface area contributed by atoms with E-state index in [-0.39, 0.29) is 5.91 Å². The molecule has 9 heteroatoms. The third-order valence-electron chi connectivity index (χ3n) is 5.84. The van der Waals surface area contributed by atoms with Gasteiger partial charge in [-0.05, 0) is 49.1 Å². The van der Waals surface area contributed by atoms with Crippen molar-refractivity contribution in [2.75, 3.05) is 38.3 Å². The number of sulfonamides is 1. The number of carbonyl (C=O) groups is 1. The summed E-state index contributed by atoms with van der Waals surface area (Å²) in [7, 11) is -1.83. The zero-order valence-electron chi connectivity index (χ0n) is 18.8. The van der Waals surface area contributed by atoms with Crippen LogP contribution < -0.4 is 4.90 Å². The molecule has 2 aromatic carbocycles. The lowest BCUT2D eigenvalue weighted by Gasteiger charge is -2.25. The van der Waals surface area contributed by atoms with Crippen molar-refractivity contribution in [2.24, 2.45) is 0 Å². The highest BCUT2D eigenvalue weighted by atomic mass is 32.2. The van der Waals surface area contributed by atoms with E-state index in [0.29, 0.717) is 49.1 Å². The summed E-state index contributed by atoms with van der Waals surface area (Å²) in [6.45, 7) is 2.02. The van der Waals surface area contributed by atoms with Crippen molar-refractivity contribution in [3.05, 3.63) is 54.1 Å². The number of piperidine rings is 1. The van der Waals surface area contributed by atoms with Gasteiger partial charge in [0.25, 0.3) is 0 Å². The SMILES string of the molecule is COCCN(C(=O)CCc1ccc(S(=O)(=O)N2CCCCC2)cc1)c1nc2ccccc2s1. The predicted octanol–water partition coefficient (Wildman–Crippen LogP) is 4.08. The second kappa shape index (κ2) is 10.7. The lowest BCUT2D eigenvalue weighted by atomic mass is 10.1. The number of ether oxygens (including phenoxy) is 1. The number of carbonyl (C=O) groups excluding carboxylic acids is 1. The molecule has 0 bridgehead atoms. The van der Waals surface area contributed by atoms with Gasteiger partial charge in [0.05, 0.1) is 28.3 Å². The third kappa shape index (κ3) is 5.60. The number of benzene rings is 2. The Morgan fingerprint density at radius 2 is 1.82 bits per heavy atom. The number of anilines is 1. The van der Waals surface area contributed by atoms with Gasteiger partial charge in [0, 0.05) is 26.6 Å². The van der Waals surface area contributed by atoms with E-state index in [9.17, 15) is 13.2 Å². The highest BCUT2D eigenvalue weighted by Crippen LogP contribution is 2.29. The van der Waals surface area contributed by atoms with E-state index < -0.39 is 10.0 Å². The fourth-order valence-electron chi connectivity index (χ4n) is 3.95. The average molecular weight is 488 g/mol. The number of para-hydroxylation sites is 1. The van der Waals surface area contributed by atoms with Gasteiger partial charge in [-0.25, -0.2) is 13.4 Å². The first-order valence-electron chi connectivity index (χ1n) is 11.2. The number of methoxy groups -OCH3 is 1. The van der Waals surface area contributed by atoms with E-state index in [1.54, 1.807) is 40.6 Å². The topological polar surface area (TPSA) is 79.8 Å². The number of amides is 1. The fraction of sp³-hybridized carbons (Fsp3) is 0.417. The number of hydrogen-bond donors (Lipinski definition) is 0. The van der Waals surface area contributed by atoms with Crippen molar-refractivity contribution in [1.82, 2.24) is 9.29 Å². The fourth-order valence-corrected chi connectivity index (χ4v) is 6.48. The van der Waals surface area contributed by atoms with Gasteiger partial charge in [-0.3, -0.25) is 9.69 Å². The minimum absolute atomic E-state index is 0.0314. The van der Waals surface area contributed by atoms with Gasteiger partial charge in [0.15, 0.2) is 5.13 Å². The van der Waals surface area contributed by atoms with Crippen LogP contribution in [0.2, 0.25) is 0 Å². The Morgan fingerprint density at radius 3 is 2.52 bits per heavy atom. The standard InChI is InChI=1S/C24H29N3O4S2/c1-31-18-17-27(24-25-21-7-3-4-8-22(21)32-24)23(28)14-11-19-9-12-20(13-10-19)33(29,30)26-15-5-2-6-16-26/h3-4,7-10,12-13H,2,5-6,11,14-18H2,1H3. The summed E-state index contributed by atoms with van der Waals surface area (Å²) in [6, 6.07) is 14.7. The largest absolute Gasteiger partial charge is 0.383 e. The molecule has 176 valence electrons. The average Bonchev–Trinajstić information content (AvgIpc) is 3.27. The summed E-state index contributed by atoms with van der Waals surface area (Å²) in [6.07, 6.45) is 3.73. The molecule has 0 spiro atoms. The summed E-state index contributed by atoms with van der Waals surface area (Å²) >= 11 is 1.49. The van der Waals surface area contributed by atoms with Crippen LogP contribution in [0.1, 0.15) is 31.2 Å². The number of aryl methyl sites for hydroxylation is 1. The van der Waals surface area contributed by atoms with E-state index in [1.165, 1.54) is 11.3 Å². The molecule has 3 aromatic rings. The first-order chi connectivity index (χ1) is 16.0. The molecule has 1 aromatic heterocycles. The number of hydrogen-bond acceptors (Lipinski definition) is 6. The van der Waals surface area contributed by atoms with Crippen LogP contribution in [-0.2, 0) is 26.0 Å². The van der Waals surface area contributed by atoms with Gasteiger partial charge < -0.3 is 4.74 Å². The number of nitrogens with zero attached hydrogens (tertiary/aromatic N) is 3. The van der Waals surface area contributed by atoms with E-state index in [0.717, 1.165) is 35.0 Å². The lowest BCUT2D eigenvalue weighted by Crippen LogP contribution is -2.35. The van der Waals surface area contributed by atoms with Gasteiger partial charge in [0.1, 0.15) is 0 Å². The first kappa shape index (κ1) is 23.8. The van der Waals surface area contributed by atoms with Crippen LogP contribution in [0.15, 0.2) is 53.4 Å². The van der Waals surface area contributed by atoms with Crippen molar-refractivity contribution < 1.29 is 17.9 Å². The molecule has 1 fully saturated rings. The Hall–Kier alpha value is -2.33. The number of aromatic nitrogens is 1. The molecule has 4 rings (SSSR count). The molecule has 0 unspecified atom stereocenters. The molecule has 2 heterocycles. The minimum atomic E-state index is -3.45. The highest BCUT2D eigenvalue weighted by Gasteiger charge is 2.26. The second-order valence-corrected chi connectivity index (χ2v) is 11.1. The normalized spacial score (nSPS) is 15.1. The summed E-state index contributed by atoms with van der Waals surface area (Å²) in [5.74, 6) is -0.0314. The summed E-state index contributed by atoms with van der Waals surface area (Å²) < 4.78 is 33.5. The molecular formula is C24H29N3O4S2. The molecule has 0 atom stereocenters. The maximum atomic E-state index is 13.1. The summed E-state index contributed by atoms with van der Waals surface area (Å²) in [5, 5.41) is 0.668. The van der Waals surface area contributed by atoms with Crippen LogP contribution in [0, 0.1) is 0 Å². The Labute approximate surface area is 199 Å². The van der Waals surface area contributed by atoms with E-state index in [1.807, 2.05) is 24.3 Å². The predicted molar refractivity (Wildman–Crippen MR) is 131 cm³/mol. The smallest absolute Gasteiger partial charge is 0.243 e. The second-order valence-electron chi connectivity index (χ2n) is 8.11. The highest BCUT2D eigenvalue weighted by molar-refractivity contribution is 7.89. The Morgan fingerprint density at radius 1 is 1.09 bits per heavy atom. The van der Waals surface area contributed by atoms with Crippen LogP contribution in [0.3, 0.4) is 0 Å². The summed E-state index contributed by atoms with van der Waals surface area (Å²) in [5.41, 5.74) is 1.80. The maximum absolute atomic E-state index is 13.1. The Bertz CT molecular complexity index is 1150. The van der Waals surface area contributed by atoms with Crippen LogP contribution in [-0.4, -0.2) is 57.0 Å². The monoisotopic (exact) mass is 487 g/mol. The van der Waals surface area contributed by atoms with Crippen LogP contribution in [0.5, 0.6) is 0 Å². The maximum Gasteiger partial charge on any atom is 0.243 e. The molecule has 0 saturated carbocycles. The molecule has 1 amide bonds. The molecule has 1 aliphatic heterocycles. The minimum Gasteiger partial charge on any atom is -0.383 e. The molecule has 0 aliphatic carbocycles. The van der Waals surface area contributed by atoms with Crippen LogP contribution in [0.25, 0.3) is 10.2 Å². The van der Waals surface area contributed by atoms with Crippen molar-refractivity contribution in [2.45, 2.75) is 37.0 Å². The Balaban J connectivity index is 1.42. The van der Waals surface area contributed by atoms with Gasteiger partial charge in [0.2, 0.25) is 15.9 Å². The lowest BCUT2D eigenvalue weighted by molar-refractivity contribution is -0.118. The zero-order valence-corrected chi connectivity index (χ0v) is 20.4. The molecule has 0 N–H and O–H groups in total. The quantitative estimate of drug-likeness (QED) is 0.454. The van der Waals surface area contributed by atoms with Crippen LogP contribution >= 0.6 is 11.3 Å². The zero-order chi connectivity index (χ0) is 23.3. The van der Waals surface area contributed by atoms with Gasteiger partial charge in [-0.1, -0.05) is 42.0 Å². The van der Waals surface area contributed by atoms with Crippen molar-refractivity contribution in [3.63, 3.8) is 0 Å². The number of thiazole rings is 1. The number of rotatable bonds is 9. The first-order valence-corrected chi connectivity index (χ1v) is 13.5. The van der Waals surface area contributed by atoms with E-state index >= 15 is 0 Å². The molecule has 7 nitrogen and oxygen atoms in total. The Kier molecular flexibility index (Phi) is 7.75. The van der Waals surface area contributed by atoms with Crippen LogP contribution in [0.4, 0.5) is 5.13 Å². The number of fused-ring (bicyclic) bond motifs is 1. The third-order valence-corrected chi connectivity index (χ3v) is 8.81. The van der Waals surface area contributed by atoms with Gasteiger partial charge >= 0.3 is 0 Å². The molecule has 1 aliphatic rings. The molecular weight excluding hydrogens is 458 g/mol. The molecule has 0 radical (unpaired) electrons. The summed E-state index contributed by atoms with van der Waals surface area (Å²) in [4.78, 5) is 19.7. The molecule has 1 saturated heterocycles. The molecule has 33 heavy (non-hydrogen) atoms. The van der Waals surface area contributed by atoms with Crippen molar-refractivity contribution >= 4 is 42.6 Å². The van der Waals surface area contributed by atoms with Gasteiger partial charge in [-0.15, -0.1) is 0 Å². The van der Waals surface area contributed by atoms with E-state index in [2.05, 4.69) is 4.98 Å². The van der Waals surface area contributed by atoms with Crippen molar-refractivity contribution in [1.29, 1.82) is 0 Å². The van der Waals surface area contributed by atoms with Gasteiger partial charge in [-0.2, -0.15) is 4.31 Å². The van der Waals surface area contributed by atoms with E-state index in [4.69, 9.17) is 4.74 Å².